The van der Waals surface area contributed by atoms with Gasteiger partial charge in [-0.15, -0.1) is 0 Å². The van der Waals surface area contributed by atoms with Crippen molar-refractivity contribution in [1.29, 1.82) is 0 Å². The van der Waals surface area contributed by atoms with E-state index >= 15 is 0 Å². The zero-order valence-electron chi connectivity index (χ0n) is 13.1. The molecule has 0 bridgehead atoms. The summed E-state index contributed by atoms with van der Waals surface area (Å²) in [5.74, 6) is 0. The van der Waals surface area contributed by atoms with Crippen molar-refractivity contribution >= 4 is 4.82 Å². The van der Waals surface area contributed by atoms with Crippen LogP contribution >= 0.6 is 0 Å². The maximum Gasteiger partial charge on any atom is -1.00 e. The SMILES string of the molecule is [CH2]=[Ti+2]([CH]1C=CC2=C1CCCC2)[CH]1C=CC2=C1CCCC2.[Cl-].[Cl-]. The Morgan fingerprint density at radius 1 is 0.727 bits per heavy atom. The number of hydrogen-bond acceptors (Lipinski definition) is 0. The number of halogens is 2. The molecule has 118 valence electrons. The summed E-state index contributed by atoms with van der Waals surface area (Å²) in [5.41, 5.74) is 6.99. The second-order valence-corrected chi connectivity index (χ2v) is 10.5. The van der Waals surface area contributed by atoms with Crippen molar-refractivity contribution in [3.8, 4) is 0 Å². The monoisotopic (exact) mass is 370 g/mol. The van der Waals surface area contributed by atoms with Crippen LogP contribution in [0.2, 0.25) is 8.45 Å². The van der Waals surface area contributed by atoms with Gasteiger partial charge in [0.25, 0.3) is 0 Å². The largest absolute Gasteiger partial charge is 1.00 e. The summed E-state index contributed by atoms with van der Waals surface area (Å²) >= 11 is -1.34. The number of rotatable bonds is 2. The summed E-state index contributed by atoms with van der Waals surface area (Å²) in [6.07, 6.45) is 21.0. The minimum absolute atomic E-state index is 0. The minimum Gasteiger partial charge on any atom is -1.00 e. The Balaban J connectivity index is 0.000000882. The number of hydrogen-bond donors (Lipinski definition) is 0. The molecule has 3 heteroatoms. The molecule has 22 heavy (non-hydrogen) atoms. The van der Waals surface area contributed by atoms with Gasteiger partial charge >= 0.3 is 129 Å². The second kappa shape index (κ2) is 7.80. The first-order valence-electron chi connectivity index (χ1n) is 8.33. The average molecular weight is 371 g/mol. The molecular weight excluding hydrogens is 347 g/mol. The van der Waals surface area contributed by atoms with Crippen molar-refractivity contribution < 1.29 is 42.2 Å². The third kappa shape index (κ3) is 3.18. The normalized spacial score (nSPS) is 28.5. The summed E-state index contributed by atoms with van der Waals surface area (Å²) in [4.78, 5) is 4.78. The Bertz CT molecular complexity index is 530. The molecule has 0 aromatic carbocycles. The van der Waals surface area contributed by atoms with Gasteiger partial charge in [0.1, 0.15) is 0 Å². The van der Waals surface area contributed by atoms with Crippen molar-refractivity contribution in [2.45, 2.75) is 59.8 Å². The van der Waals surface area contributed by atoms with E-state index in [0.717, 1.165) is 8.45 Å². The number of allylic oxidation sites excluding steroid dienone is 8. The summed E-state index contributed by atoms with van der Waals surface area (Å²) < 4.78 is 1.57. The van der Waals surface area contributed by atoms with Gasteiger partial charge in [0.15, 0.2) is 0 Å². The van der Waals surface area contributed by atoms with E-state index in [1.165, 1.54) is 51.4 Å². The summed E-state index contributed by atoms with van der Waals surface area (Å²) in [7, 11) is 0. The molecule has 0 fully saturated rings. The molecule has 0 aromatic heterocycles. The van der Waals surface area contributed by atoms with Gasteiger partial charge in [0.2, 0.25) is 0 Å². The summed E-state index contributed by atoms with van der Waals surface area (Å²) in [6, 6.07) is 0. The molecule has 2 unspecified atom stereocenters. The molecular formula is C19H24Cl2Ti. The topological polar surface area (TPSA) is 0 Å². The molecule has 0 radical (unpaired) electrons. The van der Waals surface area contributed by atoms with E-state index in [2.05, 4.69) is 24.3 Å². The van der Waals surface area contributed by atoms with Crippen LogP contribution in [0.4, 0.5) is 0 Å². The fourth-order valence-electron chi connectivity index (χ4n) is 4.54. The third-order valence-electron chi connectivity index (χ3n) is 5.64. The smallest absolute Gasteiger partial charge is 1.00 e. The van der Waals surface area contributed by atoms with Crippen LogP contribution in [-0.4, -0.2) is 4.82 Å². The average Bonchev–Trinajstić information content (AvgIpc) is 3.11. The van der Waals surface area contributed by atoms with E-state index in [4.69, 9.17) is 4.82 Å². The summed E-state index contributed by atoms with van der Waals surface area (Å²) in [5, 5.41) is 0. The fourth-order valence-corrected chi connectivity index (χ4v) is 8.64. The molecule has 4 aliphatic rings. The molecule has 0 saturated carbocycles. The van der Waals surface area contributed by atoms with E-state index in [-0.39, 0.29) is 24.8 Å². The maximum absolute atomic E-state index is 4.78. The minimum atomic E-state index is -1.34. The van der Waals surface area contributed by atoms with E-state index in [1.807, 2.05) is 0 Å². The first-order chi connectivity index (χ1) is 9.84. The molecule has 0 spiro atoms. The predicted molar refractivity (Wildman–Crippen MR) is 83.9 cm³/mol. The Labute approximate surface area is 153 Å². The molecule has 0 amide bonds. The summed E-state index contributed by atoms with van der Waals surface area (Å²) in [6.45, 7) is 0. The Hall–Kier alpha value is 0.124. The Kier molecular flexibility index (Phi) is 6.54. The molecule has 0 aliphatic heterocycles. The van der Waals surface area contributed by atoms with E-state index in [9.17, 15) is 0 Å². The van der Waals surface area contributed by atoms with Crippen molar-refractivity contribution in [2.75, 3.05) is 0 Å². The molecule has 4 aliphatic carbocycles. The van der Waals surface area contributed by atoms with Crippen LogP contribution in [0.5, 0.6) is 0 Å². The van der Waals surface area contributed by atoms with Crippen molar-refractivity contribution in [3.63, 3.8) is 0 Å². The van der Waals surface area contributed by atoms with Crippen molar-refractivity contribution in [1.82, 2.24) is 0 Å². The van der Waals surface area contributed by atoms with Gasteiger partial charge in [0, 0.05) is 0 Å². The Morgan fingerprint density at radius 2 is 1.14 bits per heavy atom. The quantitative estimate of drug-likeness (QED) is 0.575. The predicted octanol–water partition coefficient (Wildman–Crippen LogP) is -0.498. The Morgan fingerprint density at radius 3 is 1.59 bits per heavy atom. The first-order valence-corrected chi connectivity index (χ1v) is 11.2. The molecule has 0 nitrogen and oxygen atoms in total. The van der Waals surface area contributed by atoms with Crippen LogP contribution in [0.3, 0.4) is 0 Å². The van der Waals surface area contributed by atoms with Gasteiger partial charge < -0.3 is 24.8 Å². The van der Waals surface area contributed by atoms with E-state index in [1.54, 1.807) is 22.3 Å². The standard InChI is InChI=1S/2C9H11.CH2.2ClH.Ti/c2*1-2-5-9-7-3-6-8(9)4-1;;;;/h2*3,6-7H,1-2,4-5H2;1H2;2*1H;/q;;;;;+2/p-2. The zero-order chi connectivity index (χ0) is 13.5. The first kappa shape index (κ1) is 18.5. The van der Waals surface area contributed by atoms with Gasteiger partial charge in [-0.25, -0.2) is 0 Å². The van der Waals surface area contributed by atoms with Gasteiger partial charge in [-0.05, 0) is 0 Å². The van der Waals surface area contributed by atoms with Gasteiger partial charge in [-0.1, -0.05) is 0 Å². The second-order valence-electron chi connectivity index (χ2n) is 6.76. The van der Waals surface area contributed by atoms with Gasteiger partial charge in [0.05, 0.1) is 0 Å². The molecule has 0 N–H and O–H groups in total. The fraction of sp³-hybridized carbons (Fsp3) is 0.526. The van der Waals surface area contributed by atoms with Crippen LogP contribution in [0.1, 0.15) is 51.4 Å². The van der Waals surface area contributed by atoms with Crippen molar-refractivity contribution in [3.05, 3.63) is 46.6 Å². The van der Waals surface area contributed by atoms with Gasteiger partial charge in [-0.2, -0.15) is 0 Å². The maximum atomic E-state index is 4.78. The van der Waals surface area contributed by atoms with Gasteiger partial charge in [-0.3, -0.25) is 0 Å². The van der Waals surface area contributed by atoms with Crippen LogP contribution in [0.15, 0.2) is 46.6 Å². The third-order valence-corrected chi connectivity index (χ3v) is 9.82. The van der Waals surface area contributed by atoms with E-state index in [0.29, 0.717) is 0 Å². The molecule has 0 heterocycles. The van der Waals surface area contributed by atoms with Crippen LogP contribution in [0.25, 0.3) is 0 Å². The van der Waals surface area contributed by atoms with E-state index < -0.39 is 17.4 Å². The van der Waals surface area contributed by atoms with Crippen LogP contribution in [-0.2, 0) is 17.4 Å². The molecule has 4 rings (SSSR count). The molecule has 2 atom stereocenters. The van der Waals surface area contributed by atoms with Crippen LogP contribution < -0.4 is 24.8 Å². The van der Waals surface area contributed by atoms with Crippen molar-refractivity contribution in [2.24, 2.45) is 0 Å². The molecule has 0 saturated heterocycles. The molecule has 0 aromatic rings. The zero-order valence-corrected chi connectivity index (χ0v) is 16.2. The van der Waals surface area contributed by atoms with Crippen LogP contribution in [0, 0.1) is 0 Å².